The molecule has 1 rings (SSSR count). The topological polar surface area (TPSA) is 50.4 Å². The zero-order chi connectivity index (χ0) is 13.8. The average molecular weight is 288 g/mol. The van der Waals surface area contributed by atoms with Crippen LogP contribution in [0, 0.1) is 0 Å². The van der Waals surface area contributed by atoms with Crippen LogP contribution in [0.4, 0.5) is 0 Å². The van der Waals surface area contributed by atoms with Gasteiger partial charge in [0.15, 0.2) is 5.96 Å². The van der Waals surface area contributed by atoms with Gasteiger partial charge in [-0.2, -0.15) is 0 Å². The Labute approximate surface area is 118 Å². The molecule has 18 heavy (non-hydrogen) atoms. The van der Waals surface area contributed by atoms with E-state index in [2.05, 4.69) is 10.3 Å². The van der Waals surface area contributed by atoms with E-state index in [0.29, 0.717) is 29.0 Å². The van der Waals surface area contributed by atoms with Crippen LogP contribution in [0.15, 0.2) is 23.2 Å². The van der Waals surface area contributed by atoms with Gasteiger partial charge >= 0.3 is 0 Å². The lowest BCUT2D eigenvalue weighted by molar-refractivity contribution is 0.508. The van der Waals surface area contributed by atoms with Gasteiger partial charge in [-0.05, 0) is 44.9 Å². The normalized spacial score (nSPS) is 12.6. The molecule has 0 atom stereocenters. The second-order valence-electron chi connectivity index (χ2n) is 5.09. The third-order valence-electron chi connectivity index (χ3n) is 2.21. The van der Waals surface area contributed by atoms with Gasteiger partial charge < -0.3 is 11.1 Å². The zero-order valence-electron chi connectivity index (χ0n) is 10.9. The van der Waals surface area contributed by atoms with Crippen LogP contribution in [-0.4, -0.2) is 18.0 Å². The monoisotopic (exact) mass is 287 g/mol. The minimum atomic E-state index is -0.0877. The maximum absolute atomic E-state index is 6.07. The maximum atomic E-state index is 6.07. The van der Waals surface area contributed by atoms with Crippen molar-refractivity contribution >= 4 is 29.2 Å². The number of hydrogen-bond donors (Lipinski definition) is 2. The van der Waals surface area contributed by atoms with Gasteiger partial charge in [0.1, 0.15) is 0 Å². The van der Waals surface area contributed by atoms with E-state index in [4.69, 9.17) is 28.9 Å². The maximum Gasteiger partial charge on any atom is 0.188 e. The summed E-state index contributed by atoms with van der Waals surface area (Å²) in [4.78, 5) is 4.25. The fourth-order valence-corrected chi connectivity index (χ4v) is 2.07. The quantitative estimate of drug-likeness (QED) is 0.662. The van der Waals surface area contributed by atoms with E-state index < -0.39 is 0 Å². The third kappa shape index (κ3) is 5.15. The molecule has 1 aromatic rings. The van der Waals surface area contributed by atoms with Gasteiger partial charge in [0.2, 0.25) is 0 Å². The number of nitrogens with two attached hydrogens (primary N) is 1. The molecule has 0 bridgehead atoms. The molecule has 0 aliphatic carbocycles. The van der Waals surface area contributed by atoms with Gasteiger partial charge in [-0.25, -0.2) is 0 Å². The van der Waals surface area contributed by atoms with Gasteiger partial charge in [-0.15, -0.1) is 0 Å². The predicted octanol–water partition coefficient (Wildman–Crippen LogP) is 3.24. The van der Waals surface area contributed by atoms with E-state index in [0.717, 1.165) is 5.56 Å². The Morgan fingerprint density at radius 2 is 1.83 bits per heavy atom. The minimum absolute atomic E-state index is 0.0877. The number of nitrogens with zero attached hydrogens (tertiary/aromatic N) is 1. The van der Waals surface area contributed by atoms with Crippen molar-refractivity contribution in [2.24, 2.45) is 10.7 Å². The third-order valence-corrected chi connectivity index (χ3v) is 2.92. The minimum Gasteiger partial charge on any atom is -0.370 e. The second kappa shape index (κ2) is 6.30. The SMILES string of the molecule is CC(C)(C)NC(N)=NCCc1c(Cl)cccc1Cl. The standard InChI is InChI=1S/C13H19Cl2N3/c1-13(2,3)18-12(16)17-8-7-9-10(14)5-4-6-11(9)15/h4-6H,7-8H2,1-3H3,(H3,16,17,18). The molecule has 0 aliphatic heterocycles. The van der Waals surface area contributed by atoms with Crippen molar-refractivity contribution in [2.45, 2.75) is 32.7 Å². The highest BCUT2D eigenvalue weighted by atomic mass is 35.5. The summed E-state index contributed by atoms with van der Waals surface area (Å²) in [7, 11) is 0. The Morgan fingerprint density at radius 3 is 2.33 bits per heavy atom. The predicted molar refractivity (Wildman–Crippen MR) is 79.5 cm³/mol. The Bertz CT molecular complexity index is 416. The molecule has 100 valence electrons. The average Bonchev–Trinajstić information content (AvgIpc) is 2.19. The number of nitrogens with one attached hydrogen (secondary N) is 1. The molecule has 1 aromatic carbocycles. The smallest absolute Gasteiger partial charge is 0.188 e. The fourth-order valence-electron chi connectivity index (χ4n) is 1.48. The van der Waals surface area contributed by atoms with Gasteiger partial charge in [0.25, 0.3) is 0 Å². The first kappa shape index (κ1) is 15.1. The molecule has 0 saturated heterocycles. The van der Waals surface area contributed by atoms with E-state index in [1.807, 2.05) is 39.0 Å². The molecule has 0 aliphatic rings. The Morgan fingerprint density at radius 1 is 1.28 bits per heavy atom. The first-order valence-electron chi connectivity index (χ1n) is 5.80. The summed E-state index contributed by atoms with van der Waals surface area (Å²) in [6, 6.07) is 5.47. The number of guanidine groups is 1. The number of benzene rings is 1. The zero-order valence-corrected chi connectivity index (χ0v) is 12.4. The summed E-state index contributed by atoms with van der Waals surface area (Å²) in [6.07, 6.45) is 0.672. The van der Waals surface area contributed by atoms with Gasteiger partial charge in [0, 0.05) is 22.1 Å². The Hall–Kier alpha value is -0.930. The van der Waals surface area contributed by atoms with Crippen molar-refractivity contribution in [3.05, 3.63) is 33.8 Å². The van der Waals surface area contributed by atoms with E-state index in [1.165, 1.54) is 0 Å². The summed E-state index contributed by atoms with van der Waals surface area (Å²) in [5.74, 6) is 0.436. The van der Waals surface area contributed by atoms with Crippen LogP contribution in [0.2, 0.25) is 10.0 Å². The molecule has 0 spiro atoms. The molecule has 0 unspecified atom stereocenters. The van der Waals surface area contributed by atoms with Crippen molar-refractivity contribution < 1.29 is 0 Å². The van der Waals surface area contributed by atoms with E-state index in [9.17, 15) is 0 Å². The largest absolute Gasteiger partial charge is 0.370 e. The molecular formula is C13H19Cl2N3. The van der Waals surface area contributed by atoms with E-state index in [1.54, 1.807) is 0 Å². The lowest BCUT2D eigenvalue weighted by atomic mass is 10.1. The number of halogens is 2. The molecule has 0 fully saturated rings. The van der Waals surface area contributed by atoms with Crippen LogP contribution in [0.25, 0.3) is 0 Å². The van der Waals surface area contributed by atoms with Crippen LogP contribution in [0.5, 0.6) is 0 Å². The van der Waals surface area contributed by atoms with Crippen LogP contribution in [-0.2, 0) is 6.42 Å². The summed E-state index contributed by atoms with van der Waals surface area (Å²) < 4.78 is 0. The fraction of sp³-hybridized carbons (Fsp3) is 0.462. The van der Waals surface area contributed by atoms with E-state index >= 15 is 0 Å². The van der Waals surface area contributed by atoms with Crippen molar-refractivity contribution in [2.75, 3.05) is 6.54 Å². The van der Waals surface area contributed by atoms with Crippen molar-refractivity contribution in [1.82, 2.24) is 5.32 Å². The summed E-state index contributed by atoms with van der Waals surface area (Å²) in [6.45, 7) is 6.64. The van der Waals surface area contributed by atoms with Crippen molar-refractivity contribution in [1.29, 1.82) is 0 Å². The summed E-state index contributed by atoms with van der Waals surface area (Å²) in [5, 5.41) is 4.43. The molecular weight excluding hydrogens is 269 g/mol. The van der Waals surface area contributed by atoms with Gasteiger partial charge in [-0.3, -0.25) is 4.99 Å². The molecule has 3 nitrogen and oxygen atoms in total. The number of hydrogen-bond acceptors (Lipinski definition) is 1. The lowest BCUT2D eigenvalue weighted by Gasteiger charge is -2.21. The van der Waals surface area contributed by atoms with Gasteiger partial charge in [-0.1, -0.05) is 29.3 Å². The Balaban J connectivity index is 2.59. The van der Waals surface area contributed by atoms with Crippen LogP contribution < -0.4 is 11.1 Å². The summed E-state index contributed by atoms with van der Waals surface area (Å²) in [5.41, 5.74) is 6.60. The molecule has 5 heteroatoms. The summed E-state index contributed by atoms with van der Waals surface area (Å²) >= 11 is 12.1. The number of aliphatic imine (C=N–C) groups is 1. The van der Waals surface area contributed by atoms with E-state index in [-0.39, 0.29) is 5.54 Å². The molecule has 0 saturated carbocycles. The number of rotatable bonds is 3. The first-order chi connectivity index (χ1) is 8.29. The Kier molecular flexibility index (Phi) is 5.29. The van der Waals surface area contributed by atoms with Crippen LogP contribution in [0.3, 0.4) is 0 Å². The van der Waals surface area contributed by atoms with Crippen LogP contribution >= 0.6 is 23.2 Å². The highest BCUT2D eigenvalue weighted by molar-refractivity contribution is 6.35. The molecule has 0 aromatic heterocycles. The van der Waals surface area contributed by atoms with Gasteiger partial charge in [0.05, 0.1) is 0 Å². The van der Waals surface area contributed by atoms with Crippen molar-refractivity contribution in [3.8, 4) is 0 Å². The van der Waals surface area contributed by atoms with Crippen LogP contribution in [0.1, 0.15) is 26.3 Å². The highest BCUT2D eigenvalue weighted by Gasteiger charge is 2.10. The first-order valence-corrected chi connectivity index (χ1v) is 6.56. The molecule has 0 radical (unpaired) electrons. The van der Waals surface area contributed by atoms with Crippen molar-refractivity contribution in [3.63, 3.8) is 0 Å². The molecule has 0 heterocycles. The molecule has 0 amide bonds. The lowest BCUT2D eigenvalue weighted by Crippen LogP contribution is -2.45. The molecule has 3 N–H and O–H groups in total. The second-order valence-corrected chi connectivity index (χ2v) is 5.91. The highest BCUT2D eigenvalue weighted by Crippen LogP contribution is 2.24.